The second-order valence-electron chi connectivity index (χ2n) is 9.03. The number of alkyl carbamates (subject to hydrolysis) is 1. The van der Waals surface area contributed by atoms with E-state index in [-0.39, 0.29) is 24.6 Å². The van der Waals surface area contributed by atoms with Crippen LogP contribution in [-0.2, 0) is 20.9 Å². The molecule has 1 heterocycles. The van der Waals surface area contributed by atoms with E-state index in [4.69, 9.17) is 9.47 Å². The first-order valence-electron chi connectivity index (χ1n) is 10.2. The molecule has 30 heavy (non-hydrogen) atoms. The number of nitrogens with zero attached hydrogens (tertiary/aromatic N) is 1. The highest BCUT2D eigenvalue weighted by molar-refractivity contribution is 5.89. The molecule has 166 valence electrons. The summed E-state index contributed by atoms with van der Waals surface area (Å²) in [6.07, 6.45) is 0.248. The SMILES string of the molecule is CC(C)(C)OC(=O)NC(C)(C)C(=O)NC1CCN(C(=O)OCc2ccccc2)CC1. The maximum Gasteiger partial charge on any atom is 0.410 e. The molecule has 1 saturated heterocycles. The molecule has 0 aromatic heterocycles. The van der Waals surface area contributed by atoms with Crippen molar-refractivity contribution >= 4 is 18.1 Å². The molecule has 1 aliphatic rings. The molecule has 0 atom stereocenters. The van der Waals surface area contributed by atoms with Gasteiger partial charge in [0.05, 0.1) is 0 Å². The summed E-state index contributed by atoms with van der Waals surface area (Å²) in [7, 11) is 0. The molecule has 8 nitrogen and oxygen atoms in total. The third-order valence-corrected chi connectivity index (χ3v) is 4.67. The second-order valence-corrected chi connectivity index (χ2v) is 9.03. The Morgan fingerprint density at radius 1 is 1.03 bits per heavy atom. The average molecular weight is 420 g/mol. The van der Waals surface area contributed by atoms with Gasteiger partial charge in [-0.3, -0.25) is 4.79 Å². The van der Waals surface area contributed by atoms with E-state index in [9.17, 15) is 14.4 Å². The topological polar surface area (TPSA) is 97.0 Å². The van der Waals surface area contributed by atoms with E-state index in [1.54, 1.807) is 39.5 Å². The third-order valence-electron chi connectivity index (χ3n) is 4.67. The van der Waals surface area contributed by atoms with Gasteiger partial charge in [0, 0.05) is 19.1 Å². The minimum Gasteiger partial charge on any atom is -0.445 e. The maximum atomic E-state index is 12.6. The molecule has 0 spiro atoms. The van der Waals surface area contributed by atoms with Crippen LogP contribution < -0.4 is 10.6 Å². The third kappa shape index (κ3) is 7.57. The van der Waals surface area contributed by atoms with E-state index >= 15 is 0 Å². The summed E-state index contributed by atoms with van der Waals surface area (Å²) >= 11 is 0. The summed E-state index contributed by atoms with van der Waals surface area (Å²) in [5.74, 6) is -0.293. The van der Waals surface area contributed by atoms with Gasteiger partial charge in [-0.05, 0) is 53.0 Å². The first kappa shape index (κ1) is 23.5. The Bertz CT molecular complexity index is 735. The molecule has 1 aliphatic heterocycles. The van der Waals surface area contributed by atoms with Crippen molar-refractivity contribution in [3.05, 3.63) is 35.9 Å². The second kappa shape index (κ2) is 9.82. The summed E-state index contributed by atoms with van der Waals surface area (Å²) < 4.78 is 10.6. The smallest absolute Gasteiger partial charge is 0.410 e. The van der Waals surface area contributed by atoms with Crippen molar-refractivity contribution in [3.63, 3.8) is 0 Å². The van der Waals surface area contributed by atoms with Crippen molar-refractivity contribution in [3.8, 4) is 0 Å². The number of ether oxygens (including phenoxy) is 2. The molecule has 0 aliphatic carbocycles. The van der Waals surface area contributed by atoms with Crippen molar-refractivity contribution in [1.29, 1.82) is 0 Å². The lowest BCUT2D eigenvalue weighted by Gasteiger charge is -2.34. The lowest BCUT2D eigenvalue weighted by molar-refractivity contribution is -0.127. The largest absolute Gasteiger partial charge is 0.445 e. The predicted molar refractivity (Wildman–Crippen MR) is 113 cm³/mol. The Hall–Kier alpha value is -2.77. The standard InChI is InChI=1S/C22H33N3O5/c1-21(2,3)30-19(27)24-22(4,5)18(26)23-17-11-13-25(14-12-17)20(28)29-15-16-9-7-6-8-10-16/h6-10,17H,11-15H2,1-5H3,(H,23,26)(H,24,27). The number of rotatable bonds is 5. The van der Waals surface area contributed by atoms with Gasteiger partial charge in [-0.15, -0.1) is 0 Å². The Morgan fingerprint density at radius 2 is 1.63 bits per heavy atom. The van der Waals surface area contributed by atoms with Crippen LogP contribution in [0.15, 0.2) is 30.3 Å². The van der Waals surface area contributed by atoms with E-state index in [0.717, 1.165) is 5.56 Å². The quantitative estimate of drug-likeness (QED) is 0.764. The molecular formula is C22H33N3O5. The molecule has 2 N–H and O–H groups in total. The number of hydrogen-bond acceptors (Lipinski definition) is 5. The van der Waals surface area contributed by atoms with Gasteiger partial charge < -0.3 is 25.0 Å². The summed E-state index contributed by atoms with van der Waals surface area (Å²) in [5, 5.41) is 5.56. The molecule has 3 amide bonds. The minimum absolute atomic E-state index is 0.0737. The molecule has 8 heteroatoms. The van der Waals surface area contributed by atoms with Crippen LogP contribution in [0, 0.1) is 0 Å². The Balaban J connectivity index is 1.75. The summed E-state index contributed by atoms with van der Waals surface area (Å²) in [6.45, 7) is 9.78. The fraction of sp³-hybridized carbons (Fsp3) is 0.591. The van der Waals surface area contributed by atoms with Crippen molar-refractivity contribution in [2.24, 2.45) is 0 Å². The number of piperidine rings is 1. The van der Waals surface area contributed by atoms with Gasteiger partial charge in [0.2, 0.25) is 5.91 Å². The van der Waals surface area contributed by atoms with Gasteiger partial charge in [-0.25, -0.2) is 9.59 Å². The van der Waals surface area contributed by atoms with Gasteiger partial charge >= 0.3 is 12.2 Å². The summed E-state index contributed by atoms with van der Waals surface area (Å²) in [4.78, 5) is 38.5. The van der Waals surface area contributed by atoms with Gasteiger partial charge in [-0.1, -0.05) is 30.3 Å². The molecule has 1 aromatic rings. The molecule has 1 aromatic carbocycles. The minimum atomic E-state index is -1.12. The van der Waals surface area contributed by atoms with Crippen molar-refractivity contribution in [2.45, 2.75) is 71.2 Å². The Labute approximate surface area is 178 Å². The monoisotopic (exact) mass is 419 g/mol. The van der Waals surface area contributed by atoms with E-state index in [2.05, 4.69) is 10.6 Å². The van der Waals surface area contributed by atoms with E-state index in [1.807, 2.05) is 30.3 Å². The highest BCUT2D eigenvalue weighted by atomic mass is 16.6. The molecular weight excluding hydrogens is 386 g/mol. The molecule has 1 fully saturated rings. The highest BCUT2D eigenvalue weighted by Crippen LogP contribution is 2.15. The summed E-state index contributed by atoms with van der Waals surface area (Å²) in [5.41, 5.74) is -0.820. The Morgan fingerprint density at radius 3 is 2.20 bits per heavy atom. The molecule has 0 bridgehead atoms. The van der Waals surface area contributed by atoms with Gasteiger partial charge in [0.25, 0.3) is 0 Å². The number of likely N-dealkylation sites (tertiary alicyclic amines) is 1. The number of carbonyl (C=O) groups excluding carboxylic acids is 3. The lowest BCUT2D eigenvalue weighted by Crippen LogP contribution is -2.58. The van der Waals surface area contributed by atoms with Crippen LogP contribution in [0.1, 0.15) is 53.0 Å². The fourth-order valence-electron chi connectivity index (χ4n) is 3.00. The van der Waals surface area contributed by atoms with Crippen LogP contribution in [-0.4, -0.2) is 53.3 Å². The number of benzene rings is 1. The number of carbonyl (C=O) groups is 3. The van der Waals surface area contributed by atoms with Gasteiger partial charge in [0.1, 0.15) is 17.7 Å². The predicted octanol–water partition coefficient (Wildman–Crippen LogP) is 3.21. The molecule has 0 unspecified atom stereocenters. The fourth-order valence-corrected chi connectivity index (χ4v) is 3.00. The first-order valence-corrected chi connectivity index (χ1v) is 10.2. The van der Waals surface area contributed by atoms with Gasteiger partial charge in [0.15, 0.2) is 0 Å². The summed E-state index contributed by atoms with van der Waals surface area (Å²) in [6, 6.07) is 9.45. The van der Waals surface area contributed by atoms with Crippen LogP contribution in [0.4, 0.5) is 9.59 Å². The zero-order chi connectivity index (χ0) is 22.4. The van der Waals surface area contributed by atoms with Crippen molar-refractivity contribution < 1.29 is 23.9 Å². The molecule has 0 saturated carbocycles. The van der Waals surface area contributed by atoms with Crippen molar-refractivity contribution in [1.82, 2.24) is 15.5 Å². The number of amides is 3. The van der Waals surface area contributed by atoms with Crippen LogP contribution in [0.5, 0.6) is 0 Å². The highest BCUT2D eigenvalue weighted by Gasteiger charge is 2.34. The Kier molecular flexibility index (Phi) is 7.70. The zero-order valence-electron chi connectivity index (χ0n) is 18.5. The van der Waals surface area contributed by atoms with Crippen LogP contribution in [0.25, 0.3) is 0 Å². The van der Waals surface area contributed by atoms with Gasteiger partial charge in [-0.2, -0.15) is 0 Å². The molecule has 0 radical (unpaired) electrons. The average Bonchev–Trinajstić information content (AvgIpc) is 2.65. The van der Waals surface area contributed by atoms with E-state index in [0.29, 0.717) is 25.9 Å². The van der Waals surface area contributed by atoms with E-state index < -0.39 is 17.2 Å². The zero-order valence-corrected chi connectivity index (χ0v) is 18.5. The first-order chi connectivity index (χ1) is 14.0. The van der Waals surface area contributed by atoms with Crippen molar-refractivity contribution in [2.75, 3.05) is 13.1 Å². The van der Waals surface area contributed by atoms with Crippen LogP contribution in [0.3, 0.4) is 0 Å². The lowest BCUT2D eigenvalue weighted by atomic mass is 10.0. The van der Waals surface area contributed by atoms with Crippen LogP contribution >= 0.6 is 0 Å². The number of nitrogens with one attached hydrogen (secondary N) is 2. The number of hydrogen-bond donors (Lipinski definition) is 2. The van der Waals surface area contributed by atoms with Crippen LogP contribution in [0.2, 0.25) is 0 Å². The molecule has 2 rings (SSSR count). The van der Waals surface area contributed by atoms with E-state index in [1.165, 1.54) is 0 Å². The maximum absolute atomic E-state index is 12.6. The normalized spacial score (nSPS) is 15.3.